The van der Waals surface area contributed by atoms with Gasteiger partial charge in [-0.1, -0.05) is 18.6 Å². The summed E-state index contributed by atoms with van der Waals surface area (Å²) in [6.45, 7) is 0.494. The molecule has 1 aliphatic carbocycles. The highest BCUT2D eigenvalue weighted by molar-refractivity contribution is 5.79. The molecule has 0 heterocycles. The molecule has 1 aliphatic rings. The second-order valence-corrected chi connectivity index (χ2v) is 4.73. The summed E-state index contributed by atoms with van der Waals surface area (Å²) in [5.41, 5.74) is 7.51. The van der Waals surface area contributed by atoms with E-state index in [1.165, 1.54) is 0 Å². The predicted octanol–water partition coefficient (Wildman–Crippen LogP) is 1.30. The highest BCUT2D eigenvalue weighted by Crippen LogP contribution is 2.23. The number of hydrogen-bond donors (Lipinski definition) is 2. The molecule has 0 aromatic heterocycles. The number of carbonyl (C=O) groups excluding carboxylic acids is 1. The molecule has 4 nitrogen and oxygen atoms in total. The summed E-state index contributed by atoms with van der Waals surface area (Å²) >= 11 is 0. The van der Waals surface area contributed by atoms with Crippen LogP contribution >= 0.6 is 0 Å². The number of carbonyl (C=O) groups is 1. The van der Waals surface area contributed by atoms with Crippen LogP contribution < -0.4 is 11.1 Å². The first kappa shape index (κ1) is 12.6. The zero-order valence-corrected chi connectivity index (χ0v) is 10.2. The molecule has 0 saturated heterocycles. The summed E-state index contributed by atoms with van der Waals surface area (Å²) < 4.78 is 0. The van der Waals surface area contributed by atoms with Gasteiger partial charge in [-0.2, -0.15) is 5.26 Å². The van der Waals surface area contributed by atoms with E-state index in [-0.39, 0.29) is 17.9 Å². The first-order valence-corrected chi connectivity index (χ1v) is 6.23. The summed E-state index contributed by atoms with van der Waals surface area (Å²) in [5.74, 6) is 0.00717. The maximum atomic E-state index is 11.9. The first-order chi connectivity index (χ1) is 8.70. The molecule has 4 heteroatoms. The fourth-order valence-corrected chi connectivity index (χ4v) is 2.33. The highest BCUT2D eigenvalue weighted by Gasteiger charge is 2.29. The lowest BCUT2D eigenvalue weighted by Gasteiger charge is -2.15. The van der Waals surface area contributed by atoms with Crippen molar-refractivity contribution in [3.8, 4) is 6.07 Å². The van der Waals surface area contributed by atoms with Gasteiger partial charge in [-0.3, -0.25) is 4.79 Å². The zero-order valence-electron chi connectivity index (χ0n) is 10.2. The van der Waals surface area contributed by atoms with Gasteiger partial charge in [-0.25, -0.2) is 0 Å². The van der Waals surface area contributed by atoms with E-state index in [4.69, 9.17) is 11.0 Å². The average molecular weight is 243 g/mol. The van der Waals surface area contributed by atoms with Gasteiger partial charge in [-0.15, -0.1) is 0 Å². The number of hydrogen-bond acceptors (Lipinski definition) is 3. The Bertz CT molecular complexity index is 461. The lowest BCUT2D eigenvalue weighted by Crippen LogP contribution is -2.38. The third kappa shape index (κ3) is 2.88. The molecule has 3 N–H and O–H groups in total. The highest BCUT2D eigenvalue weighted by atomic mass is 16.1. The summed E-state index contributed by atoms with van der Waals surface area (Å²) in [6, 6.07) is 9.29. The third-order valence-electron chi connectivity index (χ3n) is 3.46. The van der Waals surface area contributed by atoms with E-state index in [1.54, 1.807) is 12.1 Å². The van der Waals surface area contributed by atoms with E-state index in [2.05, 4.69) is 11.4 Å². The molecule has 1 aromatic rings. The second-order valence-electron chi connectivity index (χ2n) is 4.73. The molecular formula is C14H17N3O. The van der Waals surface area contributed by atoms with Gasteiger partial charge in [0, 0.05) is 12.6 Å². The number of benzene rings is 1. The van der Waals surface area contributed by atoms with Crippen LogP contribution in [-0.4, -0.2) is 11.9 Å². The third-order valence-corrected chi connectivity index (χ3v) is 3.46. The van der Waals surface area contributed by atoms with Crippen LogP contribution in [0.4, 0.5) is 0 Å². The molecule has 18 heavy (non-hydrogen) atoms. The van der Waals surface area contributed by atoms with Crippen LogP contribution in [0, 0.1) is 17.2 Å². The summed E-state index contributed by atoms with van der Waals surface area (Å²) in [6.07, 6.45) is 2.87. The fourth-order valence-electron chi connectivity index (χ4n) is 2.33. The molecular weight excluding hydrogens is 226 g/mol. The Hall–Kier alpha value is -1.86. The number of nitriles is 1. The zero-order chi connectivity index (χ0) is 13.0. The molecule has 2 unspecified atom stereocenters. The molecule has 2 atom stereocenters. The van der Waals surface area contributed by atoms with Crippen LogP contribution in [0.15, 0.2) is 24.3 Å². The van der Waals surface area contributed by atoms with Crippen molar-refractivity contribution in [3.63, 3.8) is 0 Å². The average Bonchev–Trinajstić information content (AvgIpc) is 2.83. The van der Waals surface area contributed by atoms with E-state index in [9.17, 15) is 4.79 Å². The Morgan fingerprint density at radius 2 is 2.11 bits per heavy atom. The number of nitrogens with two attached hydrogens (primary N) is 1. The minimum Gasteiger partial charge on any atom is -0.352 e. The van der Waals surface area contributed by atoms with Gasteiger partial charge in [0.15, 0.2) is 0 Å². The number of nitrogens with one attached hydrogen (secondary N) is 1. The van der Waals surface area contributed by atoms with Crippen molar-refractivity contribution in [2.75, 3.05) is 0 Å². The Morgan fingerprint density at radius 3 is 2.67 bits per heavy atom. The van der Waals surface area contributed by atoms with E-state index in [0.29, 0.717) is 12.1 Å². The molecule has 0 bridgehead atoms. The van der Waals surface area contributed by atoms with Crippen molar-refractivity contribution in [3.05, 3.63) is 35.4 Å². The van der Waals surface area contributed by atoms with E-state index >= 15 is 0 Å². The smallest absolute Gasteiger partial charge is 0.224 e. The summed E-state index contributed by atoms with van der Waals surface area (Å²) in [5, 5.41) is 11.6. The fraction of sp³-hybridized carbons (Fsp3) is 0.429. The van der Waals surface area contributed by atoms with Crippen molar-refractivity contribution in [1.29, 1.82) is 5.26 Å². The molecule has 0 spiro atoms. The van der Waals surface area contributed by atoms with Crippen LogP contribution in [-0.2, 0) is 11.3 Å². The molecule has 0 radical (unpaired) electrons. The molecule has 94 valence electrons. The maximum absolute atomic E-state index is 11.9. The molecule has 1 aromatic carbocycles. The van der Waals surface area contributed by atoms with Crippen molar-refractivity contribution < 1.29 is 4.79 Å². The summed E-state index contributed by atoms with van der Waals surface area (Å²) in [4.78, 5) is 11.9. The van der Waals surface area contributed by atoms with E-state index in [1.807, 2.05) is 12.1 Å². The van der Waals surface area contributed by atoms with Gasteiger partial charge < -0.3 is 11.1 Å². The van der Waals surface area contributed by atoms with Gasteiger partial charge >= 0.3 is 0 Å². The van der Waals surface area contributed by atoms with Crippen molar-refractivity contribution in [2.24, 2.45) is 11.7 Å². The molecule has 1 amide bonds. The topological polar surface area (TPSA) is 78.9 Å². The van der Waals surface area contributed by atoms with Crippen molar-refractivity contribution in [2.45, 2.75) is 31.8 Å². The normalized spacial score (nSPS) is 22.4. The van der Waals surface area contributed by atoms with Crippen molar-refractivity contribution in [1.82, 2.24) is 5.32 Å². The SMILES string of the molecule is N#Cc1ccc(CNC(=O)C2CCCC2N)cc1. The van der Waals surface area contributed by atoms with E-state index < -0.39 is 0 Å². The number of rotatable bonds is 3. The standard InChI is InChI=1S/C14H17N3O/c15-8-10-4-6-11(7-5-10)9-17-14(18)12-2-1-3-13(12)16/h4-7,12-13H,1-3,9,16H2,(H,17,18). The number of nitrogens with zero attached hydrogens (tertiary/aromatic N) is 1. The summed E-state index contributed by atoms with van der Waals surface area (Å²) in [7, 11) is 0. The largest absolute Gasteiger partial charge is 0.352 e. The van der Waals surface area contributed by atoms with Crippen molar-refractivity contribution >= 4 is 5.91 Å². The number of amides is 1. The lowest BCUT2D eigenvalue weighted by molar-refractivity contribution is -0.125. The van der Waals surface area contributed by atoms with Gasteiger partial charge in [0.05, 0.1) is 17.6 Å². The Balaban J connectivity index is 1.87. The molecule has 2 rings (SSSR count). The molecule has 1 fully saturated rings. The Kier molecular flexibility index (Phi) is 3.96. The lowest BCUT2D eigenvalue weighted by atomic mass is 10.0. The molecule has 0 aliphatic heterocycles. The second kappa shape index (κ2) is 5.65. The van der Waals surface area contributed by atoms with Gasteiger partial charge in [0.2, 0.25) is 5.91 Å². The first-order valence-electron chi connectivity index (χ1n) is 6.23. The van der Waals surface area contributed by atoms with Crippen LogP contribution in [0.5, 0.6) is 0 Å². The Labute approximate surface area is 107 Å². The van der Waals surface area contributed by atoms with Crippen LogP contribution in [0.1, 0.15) is 30.4 Å². The van der Waals surface area contributed by atoms with Gasteiger partial charge in [0.25, 0.3) is 0 Å². The van der Waals surface area contributed by atoms with Crippen LogP contribution in [0.3, 0.4) is 0 Å². The quantitative estimate of drug-likeness (QED) is 0.839. The minimum absolute atomic E-state index is 0.00552. The minimum atomic E-state index is -0.0385. The molecule has 1 saturated carbocycles. The maximum Gasteiger partial charge on any atom is 0.224 e. The Morgan fingerprint density at radius 1 is 1.39 bits per heavy atom. The predicted molar refractivity (Wildman–Crippen MR) is 68.3 cm³/mol. The van der Waals surface area contributed by atoms with Gasteiger partial charge in [-0.05, 0) is 30.5 Å². The van der Waals surface area contributed by atoms with E-state index in [0.717, 1.165) is 24.8 Å². The van der Waals surface area contributed by atoms with Gasteiger partial charge in [0.1, 0.15) is 0 Å². The monoisotopic (exact) mass is 243 g/mol. The van der Waals surface area contributed by atoms with Crippen LogP contribution in [0.25, 0.3) is 0 Å². The van der Waals surface area contributed by atoms with Crippen LogP contribution in [0.2, 0.25) is 0 Å².